The van der Waals surface area contributed by atoms with Gasteiger partial charge in [0.2, 0.25) is 0 Å². The van der Waals surface area contributed by atoms with Crippen molar-refractivity contribution in [2.24, 2.45) is 0 Å². The van der Waals surface area contributed by atoms with Gasteiger partial charge in [-0.15, -0.1) is 0 Å². The summed E-state index contributed by atoms with van der Waals surface area (Å²) in [4.78, 5) is 26.3. The zero-order chi connectivity index (χ0) is 15.1. The van der Waals surface area contributed by atoms with Crippen molar-refractivity contribution in [2.75, 3.05) is 11.9 Å². The zero-order valence-corrected chi connectivity index (χ0v) is 11.8. The Morgan fingerprint density at radius 1 is 1.29 bits per heavy atom. The number of carboxylic acid groups (broad SMARTS) is 1. The summed E-state index contributed by atoms with van der Waals surface area (Å²) >= 11 is 0. The standard InChI is InChI=1S/C15H19N3O3/c19-14(20)12-8-13(10-16-9-12)18-15(21)17-7-6-11-4-2-1-3-5-11/h4,8-10H,1-3,5-7H2,(H,19,20)(H2,17,18,21). The Kier molecular flexibility index (Phi) is 5.31. The molecule has 0 saturated heterocycles. The summed E-state index contributed by atoms with van der Waals surface area (Å²) in [6, 6.07) is 1.02. The highest BCUT2D eigenvalue weighted by Gasteiger charge is 2.07. The molecule has 0 radical (unpaired) electrons. The molecule has 1 aromatic heterocycles. The number of aromatic carboxylic acids is 1. The molecule has 2 rings (SSSR count). The van der Waals surface area contributed by atoms with Crippen LogP contribution in [0.2, 0.25) is 0 Å². The topological polar surface area (TPSA) is 91.3 Å². The fourth-order valence-electron chi connectivity index (χ4n) is 2.27. The monoisotopic (exact) mass is 289 g/mol. The van der Waals surface area contributed by atoms with E-state index in [2.05, 4.69) is 21.7 Å². The van der Waals surface area contributed by atoms with E-state index in [0.29, 0.717) is 12.2 Å². The number of rotatable bonds is 5. The van der Waals surface area contributed by atoms with Crippen LogP contribution < -0.4 is 10.6 Å². The summed E-state index contributed by atoms with van der Waals surface area (Å²) in [5.41, 5.74) is 1.81. The summed E-state index contributed by atoms with van der Waals surface area (Å²) in [5, 5.41) is 14.2. The van der Waals surface area contributed by atoms with Gasteiger partial charge in [0.25, 0.3) is 0 Å². The largest absolute Gasteiger partial charge is 0.478 e. The minimum absolute atomic E-state index is 0.0418. The molecule has 0 fully saturated rings. The van der Waals surface area contributed by atoms with Gasteiger partial charge in [0.15, 0.2) is 0 Å². The second-order valence-corrected chi connectivity index (χ2v) is 5.01. The SMILES string of the molecule is O=C(NCCC1=CCCCC1)Nc1cncc(C(=O)O)c1. The number of nitrogens with zero attached hydrogens (tertiary/aromatic N) is 1. The van der Waals surface area contributed by atoms with Crippen molar-refractivity contribution < 1.29 is 14.7 Å². The molecule has 0 aromatic carbocycles. The number of carbonyl (C=O) groups excluding carboxylic acids is 1. The van der Waals surface area contributed by atoms with Gasteiger partial charge in [0, 0.05) is 12.7 Å². The molecule has 2 amide bonds. The van der Waals surface area contributed by atoms with E-state index in [1.54, 1.807) is 0 Å². The van der Waals surface area contributed by atoms with Crippen molar-refractivity contribution in [3.05, 3.63) is 35.7 Å². The minimum Gasteiger partial charge on any atom is -0.478 e. The van der Waals surface area contributed by atoms with E-state index >= 15 is 0 Å². The number of allylic oxidation sites excluding steroid dienone is 1. The van der Waals surface area contributed by atoms with E-state index in [-0.39, 0.29) is 11.6 Å². The van der Waals surface area contributed by atoms with E-state index < -0.39 is 5.97 Å². The first kappa shape index (κ1) is 15.0. The van der Waals surface area contributed by atoms with Crippen LogP contribution in [0.15, 0.2) is 30.1 Å². The van der Waals surface area contributed by atoms with E-state index in [1.165, 1.54) is 36.9 Å². The quantitative estimate of drug-likeness (QED) is 0.727. The molecule has 3 N–H and O–H groups in total. The number of pyridine rings is 1. The van der Waals surface area contributed by atoms with Crippen molar-refractivity contribution in [1.29, 1.82) is 0 Å². The fraction of sp³-hybridized carbons (Fsp3) is 0.400. The molecule has 0 saturated carbocycles. The molecule has 0 spiro atoms. The van der Waals surface area contributed by atoms with Crippen LogP contribution in [0.25, 0.3) is 0 Å². The highest BCUT2D eigenvalue weighted by atomic mass is 16.4. The lowest BCUT2D eigenvalue weighted by atomic mass is 9.97. The third kappa shape index (κ3) is 4.91. The maximum atomic E-state index is 11.7. The van der Waals surface area contributed by atoms with Crippen molar-refractivity contribution in [3.8, 4) is 0 Å². The second-order valence-electron chi connectivity index (χ2n) is 5.01. The lowest BCUT2D eigenvalue weighted by molar-refractivity contribution is 0.0696. The van der Waals surface area contributed by atoms with Gasteiger partial charge in [0.05, 0.1) is 17.4 Å². The fourth-order valence-corrected chi connectivity index (χ4v) is 2.27. The second kappa shape index (κ2) is 7.42. The molecular formula is C15H19N3O3. The number of carboxylic acids is 1. The van der Waals surface area contributed by atoms with Gasteiger partial charge in [-0.1, -0.05) is 11.6 Å². The van der Waals surface area contributed by atoms with Gasteiger partial charge < -0.3 is 15.7 Å². The summed E-state index contributed by atoms with van der Waals surface area (Å²) in [7, 11) is 0. The van der Waals surface area contributed by atoms with Crippen molar-refractivity contribution in [3.63, 3.8) is 0 Å². The number of urea groups is 1. The van der Waals surface area contributed by atoms with Gasteiger partial charge >= 0.3 is 12.0 Å². The van der Waals surface area contributed by atoms with Gasteiger partial charge in [-0.2, -0.15) is 0 Å². The zero-order valence-electron chi connectivity index (χ0n) is 11.8. The third-order valence-electron chi connectivity index (χ3n) is 3.36. The maximum Gasteiger partial charge on any atom is 0.337 e. The van der Waals surface area contributed by atoms with E-state index in [4.69, 9.17) is 5.11 Å². The predicted molar refractivity (Wildman–Crippen MR) is 79.4 cm³/mol. The Morgan fingerprint density at radius 2 is 2.14 bits per heavy atom. The molecule has 6 nitrogen and oxygen atoms in total. The van der Waals surface area contributed by atoms with Crippen molar-refractivity contribution in [1.82, 2.24) is 10.3 Å². The van der Waals surface area contributed by atoms with Gasteiger partial charge in [0.1, 0.15) is 0 Å². The maximum absolute atomic E-state index is 11.7. The van der Waals surface area contributed by atoms with Gasteiger partial charge in [-0.25, -0.2) is 9.59 Å². The van der Waals surface area contributed by atoms with E-state index in [9.17, 15) is 9.59 Å². The van der Waals surface area contributed by atoms with Gasteiger partial charge in [-0.3, -0.25) is 4.98 Å². The summed E-state index contributed by atoms with van der Waals surface area (Å²) in [5.74, 6) is -1.07. The molecule has 1 aliphatic rings. The number of hydrogen-bond acceptors (Lipinski definition) is 3. The molecule has 1 aromatic rings. The average molecular weight is 289 g/mol. The lowest BCUT2D eigenvalue weighted by Crippen LogP contribution is -2.29. The summed E-state index contributed by atoms with van der Waals surface area (Å²) < 4.78 is 0. The molecule has 6 heteroatoms. The van der Waals surface area contributed by atoms with Crippen LogP contribution in [-0.4, -0.2) is 28.6 Å². The predicted octanol–water partition coefficient (Wildman–Crippen LogP) is 2.79. The summed E-state index contributed by atoms with van der Waals surface area (Å²) in [6.07, 6.45) is 10.5. The van der Waals surface area contributed by atoms with E-state index in [0.717, 1.165) is 19.3 Å². The lowest BCUT2D eigenvalue weighted by Gasteiger charge is -2.13. The normalized spacial score (nSPS) is 14.2. The Morgan fingerprint density at radius 3 is 2.86 bits per heavy atom. The number of amides is 2. The summed E-state index contributed by atoms with van der Waals surface area (Å²) in [6.45, 7) is 0.573. The highest BCUT2D eigenvalue weighted by Crippen LogP contribution is 2.19. The van der Waals surface area contributed by atoms with Crippen LogP contribution in [0.4, 0.5) is 10.5 Å². The first-order valence-corrected chi connectivity index (χ1v) is 7.06. The molecule has 1 aliphatic carbocycles. The number of hydrogen-bond donors (Lipinski definition) is 3. The van der Waals surface area contributed by atoms with Gasteiger partial charge in [-0.05, 0) is 38.2 Å². The van der Waals surface area contributed by atoms with Crippen LogP contribution in [0.5, 0.6) is 0 Å². The van der Waals surface area contributed by atoms with E-state index in [1.807, 2.05) is 0 Å². The van der Waals surface area contributed by atoms with Crippen LogP contribution in [0, 0.1) is 0 Å². The minimum atomic E-state index is -1.07. The van der Waals surface area contributed by atoms with Crippen molar-refractivity contribution >= 4 is 17.7 Å². The Hall–Kier alpha value is -2.37. The van der Waals surface area contributed by atoms with Crippen LogP contribution in [-0.2, 0) is 0 Å². The molecule has 21 heavy (non-hydrogen) atoms. The number of aromatic nitrogens is 1. The molecular weight excluding hydrogens is 270 g/mol. The molecule has 1 heterocycles. The molecule has 0 bridgehead atoms. The Labute approximate surface area is 123 Å². The first-order chi connectivity index (χ1) is 10.1. The molecule has 0 atom stereocenters. The third-order valence-corrected chi connectivity index (χ3v) is 3.36. The average Bonchev–Trinajstić information content (AvgIpc) is 2.48. The smallest absolute Gasteiger partial charge is 0.337 e. The van der Waals surface area contributed by atoms with Crippen LogP contribution in [0.3, 0.4) is 0 Å². The highest BCUT2D eigenvalue weighted by molar-refractivity contribution is 5.92. The Balaban J connectivity index is 1.77. The van der Waals surface area contributed by atoms with Crippen LogP contribution in [0.1, 0.15) is 42.5 Å². The first-order valence-electron chi connectivity index (χ1n) is 7.06. The molecule has 112 valence electrons. The number of nitrogens with one attached hydrogen (secondary N) is 2. The van der Waals surface area contributed by atoms with Crippen molar-refractivity contribution in [2.45, 2.75) is 32.1 Å². The number of anilines is 1. The Bertz CT molecular complexity index is 555. The molecule has 0 aliphatic heterocycles. The molecule has 0 unspecified atom stereocenters. The van der Waals surface area contributed by atoms with Crippen LogP contribution >= 0.6 is 0 Å². The number of carbonyl (C=O) groups is 2.